The Bertz CT molecular complexity index is 920. The largest absolute Gasteiger partial charge is 0.482 e. The quantitative estimate of drug-likeness (QED) is 0.534. The van der Waals surface area contributed by atoms with Gasteiger partial charge in [0.2, 0.25) is 0 Å². The zero-order chi connectivity index (χ0) is 20.6. The first-order valence-corrected chi connectivity index (χ1v) is 9.44. The topological polar surface area (TPSA) is 72.9 Å². The number of ketones is 1. The summed E-state index contributed by atoms with van der Waals surface area (Å²) in [6.07, 6.45) is 2.79. The highest BCUT2D eigenvalue weighted by molar-refractivity contribution is 5.94. The molecule has 6 heteroatoms. The Labute approximate surface area is 169 Å². The molecule has 0 saturated heterocycles. The lowest BCUT2D eigenvalue weighted by Crippen LogP contribution is -2.38. The van der Waals surface area contributed by atoms with Gasteiger partial charge in [0.1, 0.15) is 5.75 Å². The third kappa shape index (κ3) is 5.78. The molecular formula is C23H23NO5. The smallest absolute Gasteiger partial charge is 0.344 e. The Morgan fingerprint density at radius 3 is 2.48 bits per heavy atom. The van der Waals surface area contributed by atoms with Gasteiger partial charge in [-0.05, 0) is 36.6 Å². The molecule has 0 aliphatic carbocycles. The highest BCUT2D eigenvalue weighted by atomic mass is 16.6. The molecule has 3 rings (SSSR count). The minimum atomic E-state index is -0.635. The standard InChI is InChI=1S/C23H23NO5/c1-17(25)20-8-5-9-21(14-20)28-16-23(27)29-15-22(26)24-12-10-19(11-13-24)18-6-3-2-4-7-18/h2-10,14H,11-13,15-16H2,1H3. The molecule has 150 valence electrons. The van der Waals surface area contributed by atoms with Gasteiger partial charge >= 0.3 is 5.97 Å². The van der Waals surface area contributed by atoms with Gasteiger partial charge in [-0.25, -0.2) is 4.79 Å². The number of carbonyl (C=O) groups is 3. The Hall–Kier alpha value is -3.41. The molecule has 0 radical (unpaired) electrons. The fraction of sp³-hybridized carbons (Fsp3) is 0.261. The van der Waals surface area contributed by atoms with Crippen molar-refractivity contribution in [3.8, 4) is 5.75 Å². The maximum Gasteiger partial charge on any atom is 0.344 e. The second-order valence-corrected chi connectivity index (χ2v) is 6.72. The van der Waals surface area contributed by atoms with Gasteiger partial charge in [0, 0.05) is 18.7 Å². The summed E-state index contributed by atoms with van der Waals surface area (Å²) in [6, 6.07) is 16.6. The average molecular weight is 393 g/mol. The molecule has 0 saturated carbocycles. The fourth-order valence-electron chi connectivity index (χ4n) is 3.03. The minimum Gasteiger partial charge on any atom is -0.482 e. The van der Waals surface area contributed by atoms with Crippen molar-refractivity contribution in [1.29, 1.82) is 0 Å². The van der Waals surface area contributed by atoms with Crippen LogP contribution in [0.3, 0.4) is 0 Å². The van der Waals surface area contributed by atoms with Crippen molar-refractivity contribution in [3.05, 3.63) is 71.8 Å². The van der Waals surface area contributed by atoms with Crippen LogP contribution >= 0.6 is 0 Å². The monoisotopic (exact) mass is 393 g/mol. The molecule has 29 heavy (non-hydrogen) atoms. The van der Waals surface area contributed by atoms with Gasteiger partial charge in [0.05, 0.1) is 0 Å². The minimum absolute atomic E-state index is 0.0883. The molecule has 2 aromatic rings. The van der Waals surface area contributed by atoms with E-state index in [-0.39, 0.29) is 24.9 Å². The van der Waals surface area contributed by atoms with E-state index in [0.717, 1.165) is 12.0 Å². The first-order chi connectivity index (χ1) is 14.0. The molecule has 2 aromatic carbocycles. The molecule has 0 aromatic heterocycles. The molecule has 1 aliphatic heterocycles. The van der Waals surface area contributed by atoms with Crippen molar-refractivity contribution in [2.24, 2.45) is 0 Å². The maximum atomic E-state index is 12.3. The maximum absolute atomic E-state index is 12.3. The second kappa shape index (κ2) is 9.68. The van der Waals surface area contributed by atoms with Crippen LogP contribution < -0.4 is 4.74 Å². The summed E-state index contributed by atoms with van der Waals surface area (Å²) in [5.41, 5.74) is 2.88. The van der Waals surface area contributed by atoms with E-state index in [1.807, 2.05) is 24.3 Å². The number of hydrogen-bond donors (Lipinski definition) is 0. The van der Waals surface area contributed by atoms with Crippen LogP contribution in [0.1, 0.15) is 29.3 Å². The van der Waals surface area contributed by atoms with E-state index in [1.54, 1.807) is 29.2 Å². The molecular weight excluding hydrogens is 370 g/mol. The van der Waals surface area contributed by atoms with Crippen molar-refractivity contribution in [1.82, 2.24) is 4.90 Å². The van der Waals surface area contributed by atoms with Gasteiger partial charge in [0.15, 0.2) is 19.0 Å². The van der Waals surface area contributed by atoms with Crippen molar-refractivity contribution in [2.45, 2.75) is 13.3 Å². The summed E-state index contributed by atoms with van der Waals surface area (Å²) in [7, 11) is 0. The van der Waals surface area contributed by atoms with E-state index in [9.17, 15) is 14.4 Å². The molecule has 0 fully saturated rings. The van der Waals surface area contributed by atoms with Crippen LogP contribution in [0.25, 0.3) is 5.57 Å². The van der Waals surface area contributed by atoms with Crippen LogP contribution in [-0.2, 0) is 14.3 Å². The molecule has 0 unspecified atom stereocenters. The first kappa shape index (κ1) is 20.3. The normalized spacial score (nSPS) is 13.4. The predicted octanol–water partition coefficient (Wildman–Crippen LogP) is 3.13. The number of Topliss-reactive ketones (excluding diaryl/α,β-unsaturated/α-hetero) is 1. The lowest BCUT2D eigenvalue weighted by atomic mass is 10.00. The van der Waals surface area contributed by atoms with Gasteiger partial charge < -0.3 is 14.4 Å². The van der Waals surface area contributed by atoms with Crippen LogP contribution in [0.5, 0.6) is 5.75 Å². The Morgan fingerprint density at radius 1 is 1.00 bits per heavy atom. The summed E-state index contributed by atoms with van der Waals surface area (Å²) in [5.74, 6) is -0.561. The van der Waals surface area contributed by atoms with Crippen molar-refractivity contribution >= 4 is 23.2 Å². The average Bonchev–Trinajstić information content (AvgIpc) is 2.77. The number of rotatable bonds is 7. The first-order valence-electron chi connectivity index (χ1n) is 9.44. The third-order valence-corrected chi connectivity index (χ3v) is 4.66. The van der Waals surface area contributed by atoms with Crippen LogP contribution in [0.4, 0.5) is 0 Å². The van der Waals surface area contributed by atoms with Gasteiger partial charge in [-0.2, -0.15) is 0 Å². The number of esters is 1. The molecule has 1 heterocycles. The van der Waals surface area contributed by atoms with E-state index in [4.69, 9.17) is 9.47 Å². The second-order valence-electron chi connectivity index (χ2n) is 6.72. The third-order valence-electron chi connectivity index (χ3n) is 4.66. The highest BCUT2D eigenvalue weighted by Crippen LogP contribution is 2.22. The SMILES string of the molecule is CC(=O)c1cccc(OCC(=O)OCC(=O)N2CC=C(c3ccccc3)CC2)c1. The van der Waals surface area contributed by atoms with Crippen molar-refractivity contribution in [2.75, 3.05) is 26.3 Å². The summed E-state index contributed by atoms with van der Waals surface area (Å²) in [5, 5.41) is 0. The number of nitrogens with zero attached hydrogens (tertiary/aromatic N) is 1. The van der Waals surface area contributed by atoms with Gasteiger partial charge in [-0.1, -0.05) is 48.5 Å². The fourth-order valence-corrected chi connectivity index (χ4v) is 3.03. The summed E-state index contributed by atoms with van der Waals surface area (Å²) < 4.78 is 10.4. The predicted molar refractivity (Wildman–Crippen MR) is 109 cm³/mol. The molecule has 1 aliphatic rings. The highest BCUT2D eigenvalue weighted by Gasteiger charge is 2.19. The Kier molecular flexibility index (Phi) is 6.79. The Morgan fingerprint density at radius 2 is 1.79 bits per heavy atom. The number of ether oxygens (including phenoxy) is 2. The van der Waals surface area contributed by atoms with E-state index in [1.165, 1.54) is 12.5 Å². The lowest BCUT2D eigenvalue weighted by Gasteiger charge is -2.26. The van der Waals surface area contributed by atoms with Crippen LogP contribution in [0, 0.1) is 0 Å². The lowest BCUT2D eigenvalue weighted by molar-refractivity contribution is -0.153. The zero-order valence-electron chi connectivity index (χ0n) is 16.3. The van der Waals surface area contributed by atoms with E-state index in [2.05, 4.69) is 12.1 Å². The van der Waals surface area contributed by atoms with Crippen molar-refractivity contribution in [3.63, 3.8) is 0 Å². The summed E-state index contributed by atoms with van der Waals surface area (Å²) in [4.78, 5) is 37.2. The molecule has 0 bridgehead atoms. The summed E-state index contributed by atoms with van der Waals surface area (Å²) >= 11 is 0. The molecule has 0 atom stereocenters. The number of hydrogen-bond acceptors (Lipinski definition) is 5. The molecule has 0 spiro atoms. The van der Waals surface area contributed by atoms with E-state index >= 15 is 0 Å². The molecule has 1 amide bonds. The van der Waals surface area contributed by atoms with Crippen molar-refractivity contribution < 1.29 is 23.9 Å². The van der Waals surface area contributed by atoms with Gasteiger partial charge in [0.25, 0.3) is 5.91 Å². The van der Waals surface area contributed by atoms with Gasteiger partial charge in [-0.15, -0.1) is 0 Å². The number of carbonyl (C=O) groups excluding carboxylic acids is 3. The zero-order valence-corrected chi connectivity index (χ0v) is 16.3. The molecule has 6 nitrogen and oxygen atoms in total. The number of amides is 1. The number of benzene rings is 2. The molecule has 0 N–H and O–H groups in total. The van der Waals surface area contributed by atoms with E-state index in [0.29, 0.717) is 24.4 Å². The Balaban J connectivity index is 1.42. The van der Waals surface area contributed by atoms with Crippen LogP contribution in [0.2, 0.25) is 0 Å². The van der Waals surface area contributed by atoms with Gasteiger partial charge in [-0.3, -0.25) is 9.59 Å². The summed E-state index contributed by atoms with van der Waals surface area (Å²) in [6.45, 7) is 1.90. The van der Waals surface area contributed by atoms with Crippen LogP contribution in [0.15, 0.2) is 60.7 Å². The van der Waals surface area contributed by atoms with E-state index < -0.39 is 5.97 Å². The van der Waals surface area contributed by atoms with Crippen LogP contribution in [-0.4, -0.2) is 48.9 Å².